The van der Waals surface area contributed by atoms with Crippen LogP contribution in [-0.4, -0.2) is 91.1 Å². The predicted octanol–water partition coefficient (Wildman–Crippen LogP) is 9.77. The van der Waals surface area contributed by atoms with Crippen molar-refractivity contribution >= 4 is 11.8 Å². The van der Waals surface area contributed by atoms with Crippen molar-refractivity contribution in [3.05, 3.63) is 144 Å². The molecule has 4 aromatic carbocycles. The van der Waals surface area contributed by atoms with Crippen molar-refractivity contribution < 1.29 is 9.59 Å². The second-order valence-corrected chi connectivity index (χ2v) is 17.2. The van der Waals surface area contributed by atoms with E-state index in [0.29, 0.717) is 0 Å². The molecule has 3 aliphatic rings. The lowest BCUT2D eigenvalue weighted by Gasteiger charge is -2.37. The quantitative estimate of drug-likeness (QED) is 0.128. The normalized spacial score (nSPS) is 19.0. The summed E-state index contributed by atoms with van der Waals surface area (Å²) in [4.78, 5) is 53.9. The molecular weight excluding hydrogens is 757 g/mol. The van der Waals surface area contributed by atoms with Gasteiger partial charge in [-0.2, -0.15) is 0 Å². The van der Waals surface area contributed by atoms with Gasteiger partial charge in [-0.25, -0.2) is 9.97 Å². The van der Waals surface area contributed by atoms with Crippen molar-refractivity contribution in [2.24, 2.45) is 0 Å². The number of rotatable bonds is 12. The van der Waals surface area contributed by atoms with Crippen LogP contribution >= 0.6 is 0 Å². The Kier molecular flexibility index (Phi) is 12.2. The smallest absolute Gasteiger partial charge is 0.245 e. The number of hydrogen-bond acceptors (Lipinski definition) is 6. The van der Waals surface area contributed by atoms with Gasteiger partial charge in [0.1, 0.15) is 23.7 Å². The van der Waals surface area contributed by atoms with E-state index in [4.69, 9.17) is 9.97 Å². The molecule has 61 heavy (non-hydrogen) atoms. The van der Waals surface area contributed by atoms with E-state index in [1.165, 1.54) is 12.8 Å². The lowest BCUT2D eigenvalue weighted by Crippen LogP contribution is -2.44. The number of imidazole rings is 2. The first-order valence-electron chi connectivity index (χ1n) is 22.4. The van der Waals surface area contributed by atoms with E-state index < -0.39 is 0 Å². The number of carbonyl (C=O) groups excluding carboxylic acids is 2. The van der Waals surface area contributed by atoms with E-state index in [1.54, 1.807) is 0 Å². The Morgan fingerprint density at radius 2 is 1.08 bits per heavy atom. The molecule has 6 aromatic rings. The Hall–Kier alpha value is -5.84. The molecular formula is C51H58N8O2. The number of aromatic amines is 2. The molecule has 3 aliphatic heterocycles. The largest absolute Gasteiger partial charge is 0.340 e. The minimum absolute atomic E-state index is 0.0657. The van der Waals surface area contributed by atoms with Gasteiger partial charge in [-0.3, -0.25) is 19.4 Å². The zero-order chi connectivity index (χ0) is 41.7. The maximum Gasteiger partial charge on any atom is 0.245 e. The molecule has 0 bridgehead atoms. The first-order valence-corrected chi connectivity index (χ1v) is 22.4. The second kappa shape index (κ2) is 18.4. The predicted molar refractivity (Wildman–Crippen MR) is 241 cm³/mol. The summed E-state index contributed by atoms with van der Waals surface area (Å²) in [6, 6.07) is 36.7. The Balaban J connectivity index is 0.851. The number of nitrogens with one attached hydrogen (secondary N) is 2. The molecule has 0 radical (unpaired) electrons. The highest BCUT2D eigenvalue weighted by atomic mass is 16.2. The SMILES string of the molecule is C[C@@H](c1ncc(-c2ccc(-c3ccc(-c4cnc([C@@H]5CCCN5C(=O)[C@@H](c5ccccc5)N5CCCCC5)[nH]4)cc3)cc2)[nH]1)N(C)C(=O)[C@@H](c1ccccc1)N1CCCCC1. The number of benzene rings is 4. The maximum absolute atomic E-state index is 14.4. The van der Waals surface area contributed by atoms with Crippen LogP contribution in [0.25, 0.3) is 33.6 Å². The number of likely N-dealkylation sites (N-methyl/N-ethyl adjacent to an activating group) is 1. The molecule has 2 N–H and O–H groups in total. The van der Waals surface area contributed by atoms with E-state index in [0.717, 1.165) is 128 Å². The van der Waals surface area contributed by atoms with E-state index in [-0.39, 0.29) is 36.0 Å². The summed E-state index contributed by atoms with van der Waals surface area (Å²) in [7, 11) is 1.89. The van der Waals surface area contributed by atoms with Crippen LogP contribution in [0.4, 0.5) is 0 Å². The van der Waals surface area contributed by atoms with Crippen LogP contribution < -0.4 is 0 Å². The highest BCUT2D eigenvalue weighted by molar-refractivity contribution is 5.84. The molecule has 0 spiro atoms. The molecule has 10 nitrogen and oxygen atoms in total. The third-order valence-electron chi connectivity index (χ3n) is 13.3. The molecule has 0 aliphatic carbocycles. The van der Waals surface area contributed by atoms with Gasteiger partial charge in [-0.15, -0.1) is 0 Å². The molecule has 10 heteroatoms. The van der Waals surface area contributed by atoms with Gasteiger partial charge < -0.3 is 19.8 Å². The number of H-pyrrole nitrogens is 2. The van der Waals surface area contributed by atoms with E-state index >= 15 is 0 Å². The van der Waals surface area contributed by atoms with Gasteiger partial charge in [0.05, 0.1) is 35.9 Å². The highest BCUT2D eigenvalue weighted by Gasteiger charge is 2.39. The second-order valence-electron chi connectivity index (χ2n) is 17.2. The summed E-state index contributed by atoms with van der Waals surface area (Å²) in [6.07, 6.45) is 12.6. The molecule has 0 unspecified atom stereocenters. The minimum Gasteiger partial charge on any atom is -0.340 e. The molecule has 4 atom stereocenters. The number of likely N-dealkylation sites (tertiary alicyclic amines) is 3. The fourth-order valence-electron chi connectivity index (χ4n) is 9.71. The molecule has 2 aromatic heterocycles. The standard InChI is InChI=1S/C51H58N8O2/c1-36(56(2)50(60)46(41-16-7-3-8-17-41)57-29-11-5-12-30-57)48-52-34-43(54-48)39-25-21-37(22-26-39)38-23-27-40(28-24-38)44-35-53-49(55-44)45-20-15-33-59(45)51(61)47(42-18-9-4-10-19-42)58-31-13-6-14-32-58/h3-4,7-10,16-19,21-28,34-36,45-47H,5-6,11-15,20,29-33H2,1-2H3,(H,52,54)(H,53,55)/t36-,45-,46+,47+/m0/s1. The van der Waals surface area contributed by atoms with Gasteiger partial charge in [0, 0.05) is 13.6 Å². The van der Waals surface area contributed by atoms with Crippen LogP contribution in [0.2, 0.25) is 0 Å². The lowest BCUT2D eigenvalue weighted by molar-refractivity contribution is -0.139. The van der Waals surface area contributed by atoms with Gasteiger partial charge in [-0.1, -0.05) is 122 Å². The number of piperidine rings is 2. The number of carbonyl (C=O) groups is 2. The fraction of sp³-hybridized carbons (Fsp3) is 0.373. The molecule has 3 fully saturated rings. The van der Waals surface area contributed by atoms with E-state index in [2.05, 4.69) is 97.5 Å². The van der Waals surface area contributed by atoms with Crippen molar-refractivity contribution in [1.82, 2.24) is 39.5 Å². The molecule has 5 heterocycles. The summed E-state index contributed by atoms with van der Waals surface area (Å²) in [5.41, 5.74) is 8.31. The Labute approximate surface area is 360 Å². The zero-order valence-electron chi connectivity index (χ0n) is 35.5. The molecule has 0 saturated carbocycles. The van der Waals surface area contributed by atoms with Crippen molar-refractivity contribution in [2.75, 3.05) is 39.8 Å². The van der Waals surface area contributed by atoms with Crippen LogP contribution in [0.5, 0.6) is 0 Å². The summed E-state index contributed by atoms with van der Waals surface area (Å²) in [6.45, 7) is 6.57. The van der Waals surface area contributed by atoms with Gasteiger partial charge >= 0.3 is 0 Å². The summed E-state index contributed by atoms with van der Waals surface area (Å²) < 4.78 is 0. The van der Waals surface area contributed by atoms with Crippen molar-refractivity contribution in [3.63, 3.8) is 0 Å². The topological polar surface area (TPSA) is 104 Å². The minimum atomic E-state index is -0.301. The number of amides is 2. The summed E-state index contributed by atoms with van der Waals surface area (Å²) >= 11 is 0. The number of aromatic nitrogens is 4. The Morgan fingerprint density at radius 1 is 0.590 bits per heavy atom. The average molecular weight is 815 g/mol. The van der Waals surface area contributed by atoms with Crippen LogP contribution in [-0.2, 0) is 9.59 Å². The van der Waals surface area contributed by atoms with Crippen molar-refractivity contribution in [3.8, 4) is 33.6 Å². The van der Waals surface area contributed by atoms with Gasteiger partial charge in [-0.05, 0) is 105 Å². The van der Waals surface area contributed by atoms with Gasteiger partial charge in [0.25, 0.3) is 0 Å². The van der Waals surface area contributed by atoms with Crippen LogP contribution in [0, 0.1) is 0 Å². The third-order valence-corrected chi connectivity index (χ3v) is 13.3. The third kappa shape index (κ3) is 8.70. The molecule has 9 rings (SSSR count). The Morgan fingerprint density at radius 3 is 1.66 bits per heavy atom. The summed E-state index contributed by atoms with van der Waals surface area (Å²) in [5.74, 6) is 1.90. The van der Waals surface area contributed by atoms with Crippen LogP contribution in [0.3, 0.4) is 0 Å². The van der Waals surface area contributed by atoms with Gasteiger partial charge in [0.15, 0.2) is 0 Å². The van der Waals surface area contributed by atoms with Crippen LogP contribution in [0.15, 0.2) is 122 Å². The zero-order valence-corrected chi connectivity index (χ0v) is 35.5. The number of nitrogens with zero attached hydrogens (tertiary/aromatic N) is 6. The fourth-order valence-corrected chi connectivity index (χ4v) is 9.71. The van der Waals surface area contributed by atoms with E-state index in [1.807, 2.05) is 67.7 Å². The first kappa shape index (κ1) is 40.6. The monoisotopic (exact) mass is 814 g/mol. The number of hydrogen-bond donors (Lipinski definition) is 2. The van der Waals surface area contributed by atoms with E-state index in [9.17, 15) is 9.59 Å². The highest BCUT2D eigenvalue weighted by Crippen LogP contribution is 2.37. The van der Waals surface area contributed by atoms with Crippen LogP contribution in [0.1, 0.15) is 105 Å². The molecule has 3 saturated heterocycles. The summed E-state index contributed by atoms with van der Waals surface area (Å²) in [5, 5.41) is 0. The molecule has 314 valence electrons. The van der Waals surface area contributed by atoms with Crippen molar-refractivity contribution in [1.29, 1.82) is 0 Å². The Bertz CT molecular complexity index is 2360. The van der Waals surface area contributed by atoms with Gasteiger partial charge in [0.2, 0.25) is 11.8 Å². The molecule has 2 amide bonds. The van der Waals surface area contributed by atoms with Crippen molar-refractivity contribution in [2.45, 2.75) is 82.5 Å². The first-order chi connectivity index (χ1) is 29.9. The maximum atomic E-state index is 14.4. The average Bonchev–Trinajstić information content (AvgIpc) is 4.13. The lowest BCUT2D eigenvalue weighted by atomic mass is 10.00.